The summed E-state index contributed by atoms with van der Waals surface area (Å²) in [5.41, 5.74) is 3.28. The zero-order chi connectivity index (χ0) is 20.4. The minimum absolute atomic E-state index is 0.0246. The van der Waals surface area contributed by atoms with Crippen LogP contribution in [-0.4, -0.2) is 34.0 Å². The van der Waals surface area contributed by atoms with Crippen LogP contribution in [0, 0.1) is 0 Å². The summed E-state index contributed by atoms with van der Waals surface area (Å²) in [5, 5.41) is 6.64. The molecule has 0 bridgehead atoms. The number of hydrogen-bond donors (Lipinski definition) is 3. The lowest BCUT2D eigenvalue weighted by Crippen LogP contribution is -2.37. The zero-order valence-electron chi connectivity index (χ0n) is 17.3. The van der Waals surface area contributed by atoms with Crippen molar-refractivity contribution >= 4 is 16.0 Å². The van der Waals surface area contributed by atoms with Gasteiger partial charge in [0.2, 0.25) is 10.0 Å². The predicted molar refractivity (Wildman–Crippen MR) is 117 cm³/mol. The molecule has 0 spiro atoms. The maximum Gasteiger partial charge on any atom is 0.216 e. The Morgan fingerprint density at radius 3 is 2.54 bits per heavy atom. The normalized spacial score (nSPS) is 15.4. The molecule has 28 heavy (non-hydrogen) atoms. The molecule has 1 aliphatic rings. The van der Waals surface area contributed by atoms with Crippen LogP contribution in [0.1, 0.15) is 57.1 Å². The molecule has 1 aromatic carbocycles. The van der Waals surface area contributed by atoms with Crippen LogP contribution in [0.4, 0.5) is 0 Å². The Morgan fingerprint density at radius 1 is 1.14 bits per heavy atom. The Bertz CT molecular complexity index is 785. The van der Waals surface area contributed by atoms with Crippen LogP contribution >= 0.6 is 0 Å². The van der Waals surface area contributed by atoms with Crippen LogP contribution in [-0.2, 0) is 22.3 Å². The molecule has 0 unspecified atom stereocenters. The summed E-state index contributed by atoms with van der Waals surface area (Å²) < 4.78 is 27.2. The second kappa shape index (κ2) is 11.2. The van der Waals surface area contributed by atoms with Crippen LogP contribution in [0.5, 0.6) is 0 Å². The molecular weight excluding hydrogens is 372 g/mol. The van der Waals surface area contributed by atoms with Crippen molar-refractivity contribution in [1.29, 1.82) is 0 Å². The standard InChI is InChI=1S/C21H34N4O2S/c1-17(2)25-28(26,27)16-20-12-8-7-11-19(20)15-24-21(22-3)23-14-13-18-9-5-4-6-10-18/h7-9,11-12,17,25H,4-6,10,13-16H2,1-3H3,(H2,22,23,24). The van der Waals surface area contributed by atoms with Crippen LogP contribution in [0.15, 0.2) is 40.9 Å². The van der Waals surface area contributed by atoms with Crippen molar-refractivity contribution in [2.24, 2.45) is 4.99 Å². The molecule has 0 atom stereocenters. The molecule has 0 radical (unpaired) electrons. The molecule has 0 saturated carbocycles. The van der Waals surface area contributed by atoms with E-state index in [0.29, 0.717) is 6.54 Å². The fourth-order valence-corrected chi connectivity index (χ4v) is 4.84. The smallest absolute Gasteiger partial charge is 0.216 e. The van der Waals surface area contributed by atoms with Crippen molar-refractivity contribution < 1.29 is 8.42 Å². The van der Waals surface area contributed by atoms with E-state index < -0.39 is 10.0 Å². The number of guanidine groups is 1. The molecule has 7 heteroatoms. The molecule has 3 N–H and O–H groups in total. The van der Waals surface area contributed by atoms with Gasteiger partial charge in [0.05, 0.1) is 5.75 Å². The van der Waals surface area contributed by atoms with Gasteiger partial charge in [-0.3, -0.25) is 4.99 Å². The van der Waals surface area contributed by atoms with Crippen LogP contribution < -0.4 is 15.4 Å². The lowest BCUT2D eigenvalue weighted by Gasteiger charge is -2.16. The van der Waals surface area contributed by atoms with E-state index in [2.05, 4.69) is 26.4 Å². The van der Waals surface area contributed by atoms with E-state index in [1.165, 1.54) is 31.3 Å². The lowest BCUT2D eigenvalue weighted by atomic mass is 9.97. The predicted octanol–water partition coefficient (Wildman–Crippen LogP) is 3.07. The molecule has 0 saturated heterocycles. The number of nitrogens with zero attached hydrogens (tertiary/aromatic N) is 1. The van der Waals surface area contributed by atoms with Crippen LogP contribution in [0.3, 0.4) is 0 Å². The fraction of sp³-hybridized carbons (Fsp3) is 0.571. The molecule has 0 aliphatic heterocycles. The van der Waals surface area contributed by atoms with Gasteiger partial charge in [-0.25, -0.2) is 13.1 Å². The molecule has 156 valence electrons. The van der Waals surface area contributed by atoms with E-state index in [9.17, 15) is 8.42 Å². The van der Waals surface area contributed by atoms with Gasteiger partial charge in [0.15, 0.2) is 5.96 Å². The van der Waals surface area contributed by atoms with Crippen molar-refractivity contribution in [2.75, 3.05) is 13.6 Å². The summed E-state index contributed by atoms with van der Waals surface area (Å²) >= 11 is 0. The highest BCUT2D eigenvalue weighted by Gasteiger charge is 2.15. The average Bonchev–Trinajstić information content (AvgIpc) is 2.65. The number of allylic oxidation sites excluding steroid dienone is 1. The van der Waals surface area contributed by atoms with Crippen LogP contribution in [0.2, 0.25) is 0 Å². The van der Waals surface area contributed by atoms with E-state index in [0.717, 1.165) is 30.1 Å². The van der Waals surface area contributed by atoms with E-state index >= 15 is 0 Å². The maximum atomic E-state index is 12.3. The van der Waals surface area contributed by atoms with E-state index in [1.807, 2.05) is 38.1 Å². The van der Waals surface area contributed by atoms with Crippen molar-refractivity contribution in [1.82, 2.24) is 15.4 Å². The molecule has 6 nitrogen and oxygen atoms in total. The lowest BCUT2D eigenvalue weighted by molar-refractivity contribution is 0.568. The third-order valence-corrected chi connectivity index (χ3v) is 6.19. The zero-order valence-corrected chi connectivity index (χ0v) is 18.1. The highest BCUT2D eigenvalue weighted by atomic mass is 32.2. The van der Waals surface area contributed by atoms with Gasteiger partial charge >= 0.3 is 0 Å². The van der Waals surface area contributed by atoms with Gasteiger partial charge in [0.1, 0.15) is 0 Å². The molecule has 1 aliphatic carbocycles. The van der Waals surface area contributed by atoms with E-state index in [-0.39, 0.29) is 11.8 Å². The van der Waals surface area contributed by atoms with E-state index in [4.69, 9.17) is 0 Å². The first-order chi connectivity index (χ1) is 13.4. The Labute approximate surface area is 170 Å². The second-order valence-electron chi connectivity index (χ2n) is 7.51. The van der Waals surface area contributed by atoms with E-state index in [1.54, 1.807) is 7.05 Å². The second-order valence-corrected chi connectivity index (χ2v) is 9.26. The maximum absolute atomic E-state index is 12.3. The minimum atomic E-state index is -3.36. The highest BCUT2D eigenvalue weighted by Crippen LogP contribution is 2.19. The Kier molecular flexibility index (Phi) is 8.99. The first-order valence-electron chi connectivity index (χ1n) is 10.1. The van der Waals surface area contributed by atoms with Crippen LogP contribution in [0.25, 0.3) is 0 Å². The quantitative estimate of drug-likeness (QED) is 0.334. The van der Waals surface area contributed by atoms with Gasteiger partial charge in [0.25, 0.3) is 0 Å². The van der Waals surface area contributed by atoms with Gasteiger partial charge in [-0.15, -0.1) is 0 Å². The highest BCUT2D eigenvalue weighted by molar-refractivity contribution is 7.88. The summed E-state index contributed by atoms with van der Waals surface area (Å²) in [6.45, 7) is 5.02. The van der Waals surface area contributed by atoms with Crippen molar-refractivity contribution in [3.05, 3.63) is 47.0 Å². The Balaban J connectivity index is 1.89. The van der Waals surface area contributed by atoms with Gasteiger partial charge in [-0.2, -0.15) is 0 Å². The fourth-order valence-electron chi connectivity index (χ4n) is 3.35. The number of sulfonamides is 1. The molecule has 0 amide bonds. The van der Waals surface area contributed by atoms with Gasteiger partial charge in [0, 0.05) is 26.2 Å². The Morgan fingerprint density at radius 2 is 1.89 bits per heavy atom. The SMILES string of the molecule is CN=C(NCCC1=CCCCC1)NCc1ccccc1CS(=O)(=O)NC(C)C. The number of rotatable bonds is 9. The molecule has 2 rings (SSSR count). The first kappa shape index (κ1) is 22.4. The van der Waals surface area contributed by atoms with Crippen molar-refractivity contribution in [3.63, 3.8) is 0 Å². The average molecular weight is 407 g/mol. The number of benzene rings is 1. The largest absolute Gasteiger partial charge is 0.356 e. The summed E-state index contributed by atoms with van der Waals surface area (Å²) in [6, 6.07) is 7.50. The summed E-state index contributed by atoms with van der Waals surface area (Å²) in [5.74, 6) is 0.706. The van der Waals surface area contributed by atoms with Gasteiger partial charge < -0.3 is 10.6 Å². The third kappa shape index (κ3) is 8.02. The monoisotopic (exact) mass is 406 g/mol. The topological polar surface area (TPSA) is 82.6 Å². The van der Waals surface area contributed by atoms with Crippen molar-refractivity contribution in [3.8, 4) is 0 Å². The summed E-state index contributed by atoms with van der Waals surface area (Å²) in [4.78, 5) is 4.27. The Hall–Kier alpha value is -1.86. The third-order valence-electron chi connectivity index (χ3n) is 4.67. The number of aliphatic imine (C=N–C) groups is 1. The minimum Gasteiger partial charge on any atom is -0.356 e. The molecule has 1 aromatic rings. The first-order valence-corrected chi connectivity index (χ1v) is 11.7. The molecule has 0 heterocycles. The van der Waals surface area contributed by atoms with Gasteiger partial charge in [-0.05, 0) is 57.1 Å². The summed E-state index contributed by atoms with van der Waals surface area (Å²) in [6.07, 6.45) is 8.42. The van der Waals surface area contributed by atoms with Crippen molar-refractivity contribution in [2.45, 2.75) is 64.3 Å². The summed E-state index contributed by atoms with van der Waals surface area (Å²) in [7, 11) is -1.61. The number of nitrogens with one attached hydrogen (secondary N) is 3. The molecular formula is C21H34N4O2S. The van der Waals surface area contributed by atoms with Gasteiger partial charge in [-0.1, -0.05) is 35.9 Å². The molecule has 0 fully saturated rings. The molecule has 0 aromatic heterocycles. The number of hydrogen-bond acceptors (Lipinski definition) is 3.